The fraction of sp³-hybridized carbons (Fsp3) is 0.312. The molecule has 0 aliphatic heterocycles. The number of aryl methyl sites for hydroxylation is 2. The van der Waals surface area contributed by atoms with Crippen molar-refractivity contribution >= 4 is 0 Å². The summed E-state index contributed by atoms with van der Waals surface area (Å²) in [4.78, 5) is 4.44. The minimum absolute atomic E-state index is 0.130. The number of methoxy groups -OCH3 is 1. The largest absolute Gasteiger partial charge is 0.495 e. The van der Waals surface area contributed by atoms with Crippen LogP contribution in [0.25, 0.3) is 0 Å². The van der Waals surface area contributed by atoms with Crippen LogP contribution in [0.4, 0.5) is 0 Å². The van der Waals surface area contributed by atoms with Gasteiger partial charge in [0.1, 0.15) is 5.75 Å². The topological polar surface area (TPSA) is 48.1 Å². The second-order valence-electron chi connectivity index (χ2n) is 4.75. The third-order valence-corrected chi connectivity index (χ3v) is 3.52. The number of hydrogen-bond acceptors (Lipinski definition) is 3. The van der Waals surface area contributed by atoms with Gasteiger partial charge in [-0.3, -0.25) is 4.98 Å². The quantitative estimate of drug-likeness (QED) is 0.915. The Morgan fingerprint density at radius 2 is 1.95 bits per heavy atom. The Morgan fingerprint density at radius 3 is 2.47 bits per heavy atom. The zero-order valence-corrected chi connectivity index (χ0v) is 11.7. The molecule has 0 saturated heterocycles. The third kappa shape index (κ3) is 2.93. The Kier molecular flexibility index (Phi) is 4.17. The van der Waals surface area contributed by atoms with E-state index in [0.29, 0.717) is 6.54 Å². The summed E-state index contributed by atoms with van der Waals surface area (Å²) in [6.45, 7) is 4.78. The summed E-state index contributed by atoms with van der Waals surface area (Å²) in [7, 11) is 1.64. The molecule has 2 N–H and O–H groups in total. The van der Waals surface area contributed by atoms with E-state index in [1.165, 1.54) is 16.7 Å². The first-order valence-electron chi connectivity index (χ1n) is 6.43. The molecule has 19 heavy (non-hydrogen) atoms. The Morgan fingerprint density at radius 1 is 1.16 bits per heavy atom. The number of benzene rings is 1. The summed E-state index contributed by atoms with van der Waals surface area (Å²) in [5.74, 6) is 0.893. The Bertz CT molecular complexity index is 549. The van der Waals surface area contributed by atoms with Crippen molar-refractivity contribution in [3.05, 3.63) is 58.9 Å². The molecule has 1 aromatic carbocycles. The molecule has 1 atom stereocenters. The number of ether oxygens (including phenoxy) is 1. The molecule has 0 bridgehead atoms. The summed E-state index contributed by atoms with van der Waals surface area (Å²) in [5, 5.41) is 0. The lowest BCUT2D eigenvalue weighted by Crippen LogP contribution is -2.15. The van der Waals surface area contributed by atoms with Crippen LogP contribution in [-0.4, -0.2) is 18.6 Å². The van der Waals surface area contributed by atoms with E-state index in [4.69, 9.17) is 10.5 Å². The van der Waals surface area contributed by atoms with E-state index < -0.39 is 0 Å². The fourth-order valence-corrected chi connectivity index (χ4v) is 2.13. The summed E-state index contributed by atoms with van der Waals surface area (Å²) in [6, 6.07) is 10.4. The first-order chi connectivity index (χ1) is 9.15. The van der Waals surface area contributed by atoms with E-state index in [0.717, 1.165) is 11.4 Å². The standard InChI is InChI=1S/C16H20N2O/c1-11-4-5-13(8-12(11)2)15(9-17)16-7-6-14(19-3)10-18-16/h4-8,10,15H,9,17H2,1-3H3/t15-/m0/s1. The second kappa shape index (κ2) is 5.85. The van der Waals surface area contributed by atoms with Gasteiger partial charge in [-0.05, 0) is 42.7 Å². The first kappa shape index (κ1) is 13.6. The number of hydrogen-bond donors (Lipinski definition) is 1. The highest BCUT2D eigenvalue weighted by Gasteiger charge is 2.14. The third-order valence-electron chi connectivity index (χ3n) is 3.52. The van der Waals surface area contributed by atoms with Crippen LogP contribution >= 0.6 is 0 Å². The lowest BCUT2D eigenvalue weighted by Gasteiger charge is -2.16. The molecular weight excluding hydrogens is 236 g/mol. The number of rotatable bonds is 4. The highest BCUT2D eigenvalue weighted by Crippen LogP contribution is 2.25. The predicted octanol–water partition coefficient (Wildman–Crippen LogP) is 2.80. The lowest BCUT2D eigenvalue weighted by atomic mass is 9.92. The molecule has 1 heterocycles. The molecule has 1 aromatic heterocycles. The monoisotopic (exact) mass is 256 g/mol. The van der Waals surface area contributed by atoms with Crippen LogP contribution < -0.4 is 10.5 Å². The van der Waals surface area contributed by atoms with Gasteiger partial charge in [-0.1, -0.05) is 18.2 Å². The molecule has 0 fully saturated rings. The van der Waals surface area contributed by atoms with E-state index in [-0.39, 0.29) is 5.92 Å². The minimum Gasteiger partial charge on any atom is -0.495 e. The van der Waals surface area contributed by atoms with Crippen LogP contribution in [0.5, 0.6) is 5.75 Å². The molecule has 3 nitrogen and oxygen atoms in total. The molecule has 0 amide bonds. The maximum absolute atomic E-state index is 5.92. The van der Waals surface area contributed by atoms with Crippen molar-refractivity contribution in [2.75, 3.05) is 13.7 Å². The molecule has 0 spiro atoms. The van der Waals surface area contributed by atoms with Crippen molar-refractivity contribution in [3.8, 4) is 5.75 Å². The zero-order valence-electron chi connectivity index (χ0n) is 11.7. The normalized spacial score (nSPS) is 12.2. The highest BCUT2D eigenvalue weighted by molar-refractivity contribution is 5.36. The lowest BCUT2D eigenvalue weighted by molar-refractivity contribution is 0.412. The molecule has 3 heteroatoms. The molecule has 2 aromatic rings. The van der Waals surface area contributed by atoms with Gasteiger partial charge in [-0.15, -0.1) is 0 Å². The molecule has 0 unspecified atom stereocenters. The first-order valence-corrected chi connectivity index (χ1v) is 6.43. The van der Waals surface area contributed by atoms with Gasteiger partial charge in [-0.2, -0.15) is 0 Å². The molecule has 0 aliphatic rings. The van der Waals surface area contributed by atoms with E-state index in [2.05, 4.69) is 37.0 Å². The molecule has 100 valence electrons. The van der Waals surface area contributed by atoms with Crippen LogP contribution in [0.1, 0.15) is 28.3 Å². The molecular formula is C16H20N2O. The molecule has 0 aliphatic carbocycles. The van der Waals surface area contributed by atoms with Gasteiger partial charge in [0.05, 0.1) is 13.3 Å². The number of nitrogens with two attached hydrogens (primary N) is 1. The van der Waals surface area contributed by atoms with Crippen LogP contribution in [0.2, 0.25) is 0 Å². The average Bonchev–Trinajstić information content (AvgIpc) is 2.44. The van der Waals surface area contributed by atoms with Crippen LogP contribution in [0.3, 0.4) is 0 Å². The maximum atomic E-state index is 5.92. The van der Waals surface area contributed by atoms with Crippen molar-refractivity contribution in [1.29, 1.82) is 0 Å². The van der Waals surface area contributed by atoms with E-state index in [1.807, 2.05) is 12.1 Å². The smallest absolute Gasteiger partial charge is 0.137 e. The number of nitrogens with zero attached hydrogens (tertiary/aromatic N) is 1. The van der Waals surface area contributed by atoms with Gasteiger partial charge in [0.15, 0.2) is 0 Å². The van der Waals surface area contributed by atoms with Gasteiger partial charge < -0.3 is 10.5 Å². The summed E-state index contributed by atoms with van der Waals surface area (Å²) < 4.78 is 5.13. The fourth-order valence-electron chi connectivity index (χ4n) is 2.13. The Hall–Kier alpha value is -1.87. The predicted molar refractivity (Wildman–Crippen MR) is 77.6 cm³/mol. The second-order valence-corrected chi connectivity index (χ2v) is 4.75. The van der Waals surface area contributed by atoms with Crippen LogP contribution in [0.15, 0.2) is 36.5 Å². The Balaban J connectivity index is 2.34. The average molecular weight is 256 g/mol. The van der Waals surface area contributed by atoms with Gasteiger partial charge in [0, 0.05) is 18.2 Å². The van der Waals surface area contributed by atoms with Gasteiger partial charge in [0.25, 0.3) is 0 Å². The summed E-state index contributed by atoms with van der Waals surface area (Å²) in [5.41, 5.74) is 10.7. The SMILES string of the molecule is COc1ccc([C@@H](CN)c2ccc(C)c(C)c2)nc1. The molecule has 2 rings (SSSR count). The van der Waals surface area contributed by atoms with E-state index in [1.54, 1.807) is 13.3 Å². The minimum atomic E-state index is 0.130. The van der Waals surface area contributed by atoms with Crippen molar-refractivity contribution < 1.29 is 4.74 Å². The summed E-state index contributed by atoms with van der Waals surface area (Å²) >= 11 is 0. The van der Waals surface area contributed by atoms with Crippen LogP contribution in [-0.2, 0) is 0 Å². The van der Waals surface area contributed by atoms with E-state index >= 15 is 0 Å². The number of aromatic nitrogens is 1. The zero-order chi connectivity index (χ0) is 13.8. The van der Waals surface area contributed by atoms with Crippen molar-refractivity contribution in [1.82, 2.24) is 4.98 Å². The van der Waals surface area contributed by atoms with Gasteiger partial charge in [0.2, 0.25) is 0 Å². The van der Waals surface area contributed by atoms with Gasteiger partial charge >= 0.3 is 0 Å². The summed E-state index contributed by atoms with van der Waals surface area (Å²) in [6.07, 6.45) is 1.74. The van der Waals surface area contributed by atoms with Crippen molar-refractivity contribution in [2.24, 2.45) is 5.73 Å². The van der Waals surface area contributed by atoms with Gasteiger partial charge in [-0.25, -0.2) is 0 Å². The molecule has 0 saturated carbocycles. The van der Waals surface area contributed by atoms with Crippen molar-refractivity contribution in [3.63, 3.8) is 0 Å². The van der Waals surface area contributed by atoms with E-state index in [9.17, 15) is 0 Å². The Labute approximate surface area is 114 Å². The molecule has 0 radical (unpaired) electrons. The van der Waals surface area contributed by atoms with Crippen LogP contribution in [0, 0.1) is 13.8 Å². The maximum Gasteiger partial charge on any atom is 0.137 e. The van der Waals surface area contributed by atoms with Crippen molar-refractivity contribution in [2.45, 2.75) is 19.8 Å². The highest BCUT2D eigenvalue weighted by atomic mass is 16.5. The number of pyridine rings is 1.